The molecule has 4 heteroatoms. The first kappa shape index (κ1) is 11.6. The molecule has 1 heterocycles. The van der Waals surface area contributed by atoms with Crippen LogP contribution in [-0.4, -0.2) is 4.57 Å². The van der Waals surface area contributed by atoms with Gasteiger partial charge in [0.05, 0.1) is 26.5 Å². The monoisotopic (exact) mass is 251 g/mol. The highest BCUT2D eigenvalue weighted by molar-refractivity contribution is 5.78. The standard InChI is InChI=1S/C15H15N4/c1-18-10-11-19(2)15(18)17-16-14-9-8-12-6-4-3-5-7-13(12)14/h3-11H,1-2H3/q+1. The van der Waals surface area contributed by atoms with Crippen LogP contribution in [0.2, 0.25) is 0 Å². The van der Waals surface area contributed by atoms with E-state index in [1.54, 1.807) is 0 Å². The van der Waals surface area contributed by atoms with Crippen LogP contribution in [0.1, 0.15) is 0 Å². The Balaban J connectivity index is 2.00. The van der Waals surface area contributed by atoms with Crippen LogP contribution in [-0.2, 0) is 14.1 Å². The number of fused-ring (bicyclic) bond motifs is 1. The Morgan fingerprint density at radius 1 is 1.00 bits per heavy atom. The molecule has 0 radical (unpaired) electrons. The lowest BCUT2D eigenvalue weighted by atomic mass is 10.2. The average Bonchev–Trinajstić information content (AvgIpc) is 2.83. The highest BCUT2D eigenvalue weighted by Crippen LogP contribution is 2.33. The third kappa shape index (κ3) is 2.12. The van der Waals surface area contributed by atoms with Crippen molar-refractivity contribution < 1.29 is 4.57 Å². The van der Waals surface area contributed by atoms with Gasteiger partial charge in [0.1, 0.15) is 5.69 Å². The largest absolute Gasteiger partial charge is 0.421 e. The smallest absolute Gasteiger partial charge is 0.233 e. The molecule has 1 aromatic rings. The first-order valence-corrected chi connectivity index (χ1v) is 6.16. The van der Waals surface area contributed by atoms with E-state index in [9.17, 15) is 0 Å². The third-order valence-electron chi connectivity index (χ3n) is 3.16. The van der Waals surface area contributed by atoms with Gasteiger partial charge < -0.3 is 0 Å². The van der Waals surface area contributed by atoms with Gasteiger partial charge in [-0.25, -0.2) is 9.13 Å². The Morgan fingerprint density at radius 3 is 2.63 bits per heavy atom. The molecule has 3 rings (SSSR count). The Hall–Kier alpha value is -2.49. The summed E-state index contributed by atoms with van der Waals surface area (Å²) in [6.45, 7) is 0. The van der Waals surface area contributed by atoms with Gasteiger partial charge in [-0.1, -0.05) is 41.5 Å². The summed E-state index contributed by atoms with van der Waals surface area (Å²) in [5.74, 6) is 0.814. The van der Waals surface area contributed by atoms with Gasteiger partial charge >= 0.3 is 5.95 Å². The number of hydrogen-bond donors (Lipinski definition) is 0. The summed E-state index contributed by atoms with van der Waals surface area (Å²) in [7, 11) is 3.91. The zero-order chi connectivity index (χ0) is 13.2. The molecular weight excluding hydrogens is 236 g/mol. The molecule has 0 saturated carbocycles. The van der Waals surface area contributed by atoms with Gasteiger partial charge in [0.25, 0.3) is 0 Å². The molecule has 4 nitrogen and oxygen atoms in total. The summed E-state index contributed by atoms with van der Waals surface area (Å²) < 4.78 is 3.88. The molecule has 0 N–H and O–H groups in total. The molecule has 0 saturated heterocycles. The lowest BCUT2D eigenvalue weighted by Crippen LogP contribution is -2.25. The quantitative estimate of drug-likeness (QED) is 0.494. The van der Waals surface area contributed by atoms with Gasteiger partial charge in [-0.3, -0.25) is 0 Å². The number of rotatable bonds is 2. The molecule has 0 aromatic carbocycles. The maximum absolute atomic E-state index is 4.37. The Labute approximate surface area is 112 Å². The molecule has 0 bridgehead atoms. The predicted molar refractivity (Wildman–Crippen MR) is 73.8 cm³/mol. The maximum atomic E-state index is 4.37. The van der Waals surface area contributed by atoms with Crippen LogP contribution in [0.3, 0.4) is 0 Å². The molecule has 2 aliphatic rings. The van der Waals surface area contributed by atoms with Crippen LogP contribution < -0.4 is 4.57 Å². The fourth-order valence-corrected chi connectivity index (χ4v) is 2.11. The molecule has 94 valence electrons. The van der Waals surface area contributed by atoms with Crippen molar-refractivity contribution in [3.8, 4) is 11.1 Å². The molecule has 0 unspecified atom stereocenters. The zero-order valence-corrected chi connectivity index (χ0v) is 11.0. The SMILES string of the molecule is Cn1cc[n+](C)c1N=Nc1ccc2cccccc1-2. The lowest BCUT2D eigenvalue weighted by Gasteiger charge is -1.92. The summed E-state index contributed by atoms with van der Waals surface area (Å²) in [6.07, 6.45) is 3.91. The van der Waals surface area contributed by atoms with E-state index in [1.165, 1.54) is 5.56 Å². The fraction of sp³-hybridized carbons (Fsp3) is 0.133. The van der Waals surface area contributed by atoms with E-state index in [0.717, 1.165) is 17.2 Å². The normalized spacial score (nSPS) is 11.5. The maximum Gasteiger partial charge on any atom is 0.421 e. The van der Waals surface area contributed by atoms with E-state index in [1.807, 2.05) is 59.9 Å². The van der Waals surface area contributed by atoms with E-state index in [4.69, 9.17) is 0 Å². The van der Waals surface area contributed by atoms with Crippen LogP contribution >= 0.6 is 0 Å². The van der Waals surface area contributed by atoms with Crippen LogP contribution in [0.5, 0.6) is 0 Å². The van der Waals surface area contributed by atoms with Crippen molar-refractivity contribution in [2.24, 2.45) is 24.3 Å². The predicted octanol–water partition coefficient (Wildman–Crippen LogP) is 3.37. The fourth-order valence-electron chi connectivity index (χ4n) is 2.11. The first-order chi connectivity index (χ1) is 9.25. The van der Waals surface area contributed by atoms with E-state index in [2.05, 4.69) is 28.4 Å². The van der Waals surface area contributed by atoms with Crippen molar-refractivity contribution in [2.45, 2.75) is 0 Å². The minimum atomic E-state index is 0.814. The minimum absolute atomic E-state index is 0.814. The van der Waals surface area contributed by atoms with Crippen LogP contribution in [0, 0.1) is 0 Å². The first-order valence-electron chi connectivity index (χ1n) is 6.16. The van der Waals surface area contributed by atoms with Crippen molar-refractivity contribution in [2.75, 3.05) is 0 Å². The van der Waals surface area contributed by atoms with Gasteiger partial charge in [-0.2, -0.15) is 0 Å². The number of azo groups is 1. The molecule has 1 aromatic heterocycles. The van der Waals surface area contributed by atoms with E-state index in [0.29, 0.717) is 0 Å². The summed E-state index contributed by atoms with van der Waals surface area (Å²) in [5, 5.41) is 8.70. The van der Waals surface area contributed by atoms with Crippen LogP contribution in [0.4, 0.5) is 11.6 Å². The topological polar surface area (TPSA) is 33.5 Å². The highest BCUT2D eigenvalue weighted by Gasteiger charge is 2.12. The summed E-state index contributed by atoms with van der Waals surface area (Å²) in [4.78, 5) is 0. The number of nitrogens with zero attached hydrogens (tertiary/aromatic N) is 4. The molecule has 0 atom stereocenters. The second-order valence-corrected chi connectivity index (χ2v) is 4.52. The van der Waals surface area contributed by atoms with Crippen molar-refractivity contribution in [3.63, 3.8) is 0 Å². The summed E-state index contributed by atoms with van der Waals surface area (Å²) in [6, 6.07) is 14.3. The molecule has 0 aliphatic heterocycles. The number of imidazole rings is 1. The molecule has 0 spiro atoms. The van der Waals surface area contributed by atoms with E-state index >= 15 is 0 Å². The molecule has 19 heavy (non-hydrogen) atoms. The van der Waals surface area contributed by atoms with Crippen molar-refractivity contribution >= 4 is 11.6 Å². The average molecular weight is 251 g/mol. The molecule has 2 aliphatic carbocycles. The van der Waals surface area contributed by atoms with Gasteiger partial charge in [-0.05, 0) is 11.6 Å². The molecule has 0 fully saturated rings. The van der Waals surface area contributed by atoms with Crippen molar-refractivity contribution in [1.29, 1.82) is 0 Å². The highest BCUT2D eigenvalue weighted by atomic mass is 15.3. The van der Waals surface area contributed by atoms with Crippen LogP contribution in [0.15, 0.2) is 65.1 Å². The van der Waals surface area contributed by atoms with Crippen molar-refractivity contribution in [3.05, 3.63) is 54.9 Å². The van der Waals surface area contributed by atoms with Gasteiger partial charge in [0.2, 0.25) is 0 Å². The lowest BCUT2D eigenvalue weighted by molar-refractivity contribution is -0.657. The van der Waals surface area contributed by atoms with E-state index in [-0.39, 0.29) is 0 Å². The van der Waals surface area contributed by atoms with E-state index < -0.39 is 0 Å². The third-order valence-corrected chi connectivity index (χ3v) is 3.16. The molecule has 0 amide bonds. The Morgan fingerprint density at radius 2 is 1.84 bits per heavy atom. The van der Waals surface area contributed by atoms with Gasteiger partial charge in [-0.15, -0.1) is 0 Å². The zero-order valence-electron chi connectivity index (χ0n) is 11.0. The minimum Gasteiger partial charge on any atom is -0.233 e. The Kier molecular flexibility index (Phi) is 2.83. The Bertz CT molecular complexity index is 692. The number of aromatic nitrogens is 2. The van der Waals surface area contributed by atoms with Crippen molar-refractivity contribution in [1.82, 2.24) is 4.57 Å². The summed E-state index contributed by atoms with van der Waals surface area (Å²) >= 11 is 0. The number of hydrogen-bond acceptors (Lipinski definition) is 2. The van der Waals surface area contributed by atoms with Crippen LogP contribution in [0.25, 0.3) is 11.1 Å². The van der Waals surface area contributed by atoms with Gasteiger partial charge in [0, 0.05) is 10.7 Å². The van der Waals surface area contributed by atoms with Gasteiger partial charge in [0.15, 0.2) is 0 Å². The number of aryl methyl sites for hydroxylation is 2. The molecular formula is C15H15N4+. The summed E-state index contributed by atoms with van der Waals surface area (Å²) in [5.41, 5.74) is 3.19. The second-order valence-electron chi connectivity index (χ2n) is 4.52. The second kappa shape index (κ2) is 4.65.